The summed E-state index contributed by atoms with van der Waals surface area (Å²) in [5, 5.41) is 4.43. The second-order valence-corrected chi connectivity index (χ2v) is 8.19. The summed E-state index contributed by atoms with van der Waals surface area (Å²) in [5.41, 5.74) is 1.22. The van der Waals surface area contributed by atoms with Crippen LogP contribution in [-0.4, -0.2) is 27.3 Å². The van der Waals surface area contributed by atoms with Crippen LogP contribution in [0.5, 0.6) is 0 Å². The standard InChI is InChI=1S/C17H23N3O2S2/c1-4-10(5-2)18-13(21)9-23-17-19-15-14(16(22)20(17)3)11-7-6-8-12(11)24-15/h10H,4-9H2,1-3H3,(H,18,21). The Morgan fingerprint density at radius 3 is 2.83 bits per heavy atom. The molecule has 1 aliphatic rings. The van der Waals surface area contributed by atoms with Gasteiger partial charge < -0.3 is 5.32 Å². The van der Waals surface area contributed by atoms with Crippen LogP contribution in [-0.2, 0) is 24.7 Å². The molecule has 7 heteroatoms. The number of carbonyl (C=O) groups excluding carboxylic acids is 1. The topological polar surface area (TPSA) is 64.0 Å². The van der Waals surface area contributed by atoms with Gasteiger partial charge in [-0.2, -0.15) is 0 Å². The van der Waals surface area contributed by atoms with Crippen LogP contribution in [0.2, 0.25) is 0 Å². The fraction of sp³-hybridized carbons (Fsp3) is 0.588. The van der Waals surface area contributed by atoms with Crippen LogP contribution >= 0.6 is 23.1 Å². The average molecular weight is 366 g/mol. The van der Waals surface area contributed by atoms with Gasteiger partial charge in [0.25, 0.3) is 5.56 Å². The lowest BCUT2D eigenvalue weighted by Crippen LogP contribution is -2.35. The maximum absolute atomic E-state index is 12.7. The van der Waals surface area contributed by atoms with Crippen molar-refractivity contribution >= 4 is 39.2 Å². The van der Waals surface area contributed by atoms with Crippen LogP contribution in [0.1, 0.15) is 43.6 Å². The molecule has 0 radical (unpaired) electrons. The number of amides is 1. The Kier molecular flexibility index (Phi) is 5.30. The molecule has 0 aromatic carbocycles. The summed E-state index contributed by atoms with van der Waals surface area (Å²) in [6, 6.07) is 0.220. The number of thiophene rings is 1. The van der Waals surface area contributed by atoms with Gasteiger partial charge in [-0.1, -0.05) is 25.6 Å². The second kappa shape index (κ2) is 7.27. The van der Waals surface area contributed by atoms with E-state index in [1.807, 2.05) is 0 Å². The molecular formula is C17H23N3O2S2. The Morgan fingerprint density at radius 2 is 2.12 bits per heavy atom. The summed E-state index contributed by atoms with van der Waals surface area (Å²) in [6.45, 7) is 4.13. The normalized spacial score (nSPS) is 13.7. The molecule has 0 atom stereocenters. The van der Waals surface area contributed by atoms with Crippen LogP contribution in [0.15, 0.2) is 9.95 Å². The molecule has 3 rings (SSSR count). The first kappa shape index (κ1) is 17.5. The maximum Gasteiger partial charge on any atom is 0.262 e. The molecule has 0 spiro atoms. The SMILES string of the molecule is CCC(CC)NC(=O)CSc1nc2sc3c(c2c(=O)n1C)CCC3. The van der Waals surface area contributed by atoms with Crippen LogP contribution in [0.25, 0.3) is 10.2 Å². The molecule has 0 aliphatic heterocycles. The molecule has 0 saturated carbocycles. The highest BCUT2D eigenvalue weighted by Crippen LogP contribution is 2.35. The number of hydrogen-bond donors (Lipinski definition) is 1. The third-order valence-corrected chi connectivity index (χ3v) is 6.80. The number of nitrogens with one attached hydrogen (secondary N) is 1. The van der Waals surface area contributed by atoms with Crippen molar-refractivity contribution in [2.24, 2.45) is 7.05 Å². The summed E-state index contributed by atoms with van der Waals surface area (Å²) in [5.74, 6) is 0.282. The van der Waals surface area contributed by atoms with Crippen LogP contribution in [0.4, 0.5) is 0 Å². The van der Waals surface area contributed by atoms with E-state index in [4.69, 9.17) is 0 Å². The fourth-order valence-corrected chi connectivity index (χ4v) is 5.21. The number of carbonyl (C=O) groups is 1. The van der Waals surface area contributed by atoms with Crippen molar-refractivity contribution in [3.63, 3.8) is 0 Å². The lowest BCUT2D eigenvalue weighted by Gasteiger charge is -2.14. The first-order valence-electron chi connectivity index (χ1n) is 8.48. The van der Waals surface area contributed by atoms with Crippen molar-refractivity contribution < 1.29 is 4.79 Å². The lowest BCUT2D eigenvalue weighted by atomic mass is 10.2. The van der Waals surface area contributed by atoms with Gasteiger partial charge in [-0.05, 0) is 37.7 Å². The van der Waals surface area contributed by atoms with Crippen molar-refractivity contribution in [2.75, 3.05) is 5.75 Å². The third-order valence-electron chi connectivity index (χ3n) is 4.59. The summed E-state index contributed by atoms with van der Waals surface area (Å²) in [4.78, 5) is 31.6. The Balaban J connectivity index is 1.80. The third kappa shape index (κ3) is 3.24. The highest BCUT2D eigenvalue weighted by molar-refractivity contribution is 7.99. The van der Waals surface area contributed by atoms with E-state index in [2.05, 4.69) is 24.1 Å². The molecule has 2 aromatic rings. The number of fused-ring (bicyclic) bond motifs is 3. The van der Waals surface area contributed by atoms with E-state index in [1.165, 1.54) is 22.2 Å². The first-order chi connectivity index (χ1) is 11.5. The van der Waals surface area contributed by atoms with E-state index in [0.717, 1.165) is 42.3 Å². The van der Waals surface area contributed by atoms with Crippen LogP contribution in [0, 0.1) is 0 Å². The number of aryl methyl sites for hydroxylation is 2. The van der Waals surface area contributed by atoms with Crippen molar-refractivity contribution in [2.45, 2.75) is 57.1 Å². The largest absolute Gasteiger partial charge is 0.353 e. The van der Waals surface area contributed by atoms with E-state index >= 15 is 0 Å². The molecular weight excluding hydrogens is 342 g/mol. The van der Waals surface area contributed by atoms with Crippen molar-refractivity contribution in [3.05, 3.63) is 20.8 Å². The molecule has 130 valence electrons. The monoisotopic (exact) mass is 365 g/mol. The van der Waals surface area contributed by atoms with Crippen molar-refractivity contribution in [1.29, 1.82) is 0 Å². The van der Waals surface area contributed by atoms with Gasteiger partial charge in [-0.25, -0.2) is 4.98 Å². The molecule has 0 fully saturated rings. The van der Waals surface area contributed by atoms with E-state index in [-0.39, 0.29) is 23.3 Å². The molecule has 1 N–H and O–H groups in total. The predicted octanol–water partition coefficient (Wildman–Crippen LogP) is 2.88. The van der Waals surface area contributed by atoms with E-state index in [0.29, 0.717) is 5.16 Å². The minimum atomic E-state index is -0.00304. The van der Waals surface area contributed by atoms with Gasteiger partial charge in [0.2, 0.25) is 5.91 Å². The first-order valence-corrected chi connectivity index (χ1v) is 10.3. The molecule has 24 heavy (non-hydrogen) atoms. The molecule has 2 heterocycles. The van der Waals surface area contributed by atoms with Gasteiger partial charge in [-0.3, -0.25) is 14.2 Å². The Bertz CT molecular complexity index is 821. The highest BCUT2D eigenvalue weighted by atomic mass is 32.2. The zero-order valence-corrected chi connectivity index (χ0v) is 16.0. The fourth-order valence-electron chi connectivity index (χ4n) is 3.13. The molecule has 0 bridgehead atoms. The zero-order chi connectivity index (χ0) is 17.3. The van der Waals surface area contributed by atoms with E-state index < -0.39 is 0 Å². The number of nitrogens with zero attached hydrogens (tertiary/aromatic N) is 2. The summed E-state index contributed by atoms with van der Waals surface area (Å²) < 4.78 is 1.59. The number of aromatic nitrogens is 2. The zero-order valence-electron chi connectivity index (χ0n) is 14.3. The number of thioether (sulfide) groups is 1. The van der Waals surface area contributed by atoms with E-state index in [9.17, 15) is 9.59 Å². The Labute approximate surface area is 149 Å². The molecule has 0 saturated heterocycles. The molecule has 5 nitrogen and oxygen atoms in total. The molecule has 2 aromatic heterocycles. The average Bonchev–Trinajstić information content (AvgIpc) is 3.15. The quantitative estimate of drug-likeness (QED) is 0.631. The summed E-state index contributed by atoms with van der Waals surface area (Å²) in [6.07, 6.45) is 5.02. The predicted molar refractivity (Wildman–Crippen MR) is 100 cm³/mol. The molecule has 1 aliphatic carbocycles. The van der Waals surface area contributed by atoms with Crippen molar-refractivity contribution in [3.8, 4) is 0 Å². The summed E-state index contributed by atoms with van der Waals surface area (Å²) >= 11 is 2.97. The summed E-state index contributed by atoms with van der Waals surface area (Å²) in [7, 11) is 1.74. The van der Waals surface area contributed by atoms with Crippen LogP contribution in [0.3, 0.4) is 0 Å². The number of rotatable bonds is 6. The maximum atomic E-state index is 12.7. The van der Waals surface area contributed by atoms with Crippen molar-refractivity contribution in [1.82, 2.24) is 14.9 Å². The molecule has 0 unspecified atom stereocenters. The Morgan fingerprint density at radius 1 is 1.38 bits per heavy atom. The van der Waals surface area contributed by atoms with Gasteiger partial charge in [0.1, 0.15) is 4.83 Å². The Hall–Kier alpha value is -1.34. The minimum absolute atomic E-state index is 0.00304. The van der Waals surface area contributed by atoms with Gasteiger partial charge in [0.05, 0.1) is 11.1 Å². The van der Waals surface area contributed by atoms with Gasteiger partial charge >= 0.3 is 0 Å². The van der Waals surface area contributed by atoms with Gasteiger partial charge in [0.15, 0.2) is 5.16 Å². The second-order valence-electron chi connectivity index (χ2n) is 6.17. The van der Waals surface area contributed by atoms with Crippen LogP contribution < -0.4 is 10.9 Å². The van der Waals surface area contributed by atoms with E-state index in [1.54, 1.807) is 23.0 Å². The van der Waals surface area contributed by atoms with Gasteiger partial charge in [0, 0.05) is 18.0 Å². The lowest BCUT2D eigenvalue weighted by molar-refractivity contribution is -0.119. The van der Waals surface area contributed by atoms with Gasteiger partial charge in [-0.15, -0.1) is 11.3 Å². The molecule has 1 amide bonds. The minimum Gasteiger partial charge on any atom is -0.353 e. The number of hydrogen-bond acceptors (Lipinski definition) is 5. The highest BCUT2D eigenvalue weighted by Gasteiger charge is 2.22. The smallest absolute Gasteiger partial charge is 0.262 e.